The van der Waals surface area contributed by atoms with E-state index >= 15 is 0 Å². The molecule has 1 aromatic heterocycles. The molecule has 0 saturated heterocycles. The van der Waals surface area contributed by atoms with Crippen molar-refractivity contribution in [3.63, 3.8) is 0 Å². The van der Waals surface area contributed by atoms with Gasteiger partial charge in [-0.25, -0.2) is 14.4 Å². The highest BCUT2D eigenvalue weighted by molar-refractivity contribution is 6.30. The van der Waals surface area contributed by atoms with Crippen LogP contribution < -0.4 is 5.32 Å². The van der Waals surface area contributed by atoms with E-state index in [0.717, 1.165) is 0 Å². The highest BCUT2D eigenvalue weighted by Gasteiger charge is 2.26. The molecule has 21 heavy (non-hydrogen) atoms. The Morgan fingerprint density at radius 1 is 1.24 bits per heavy atom. The molecule has 2 N–H and O–H groups in total. The molecule has 1 aliphatic rings. The molecule has 2 aromatic rings. The lowest BCUT2D eigenvalue weighted by atomic mass is 10.0. The molecule has 0 spiro atoms. The molecule has 1 atom stereocenters. The van der Waals surface area contributed by atoms with Gasteiger partial charge in [0.25, 0.3) is 5.91 Å². The fraction of sp³-hybridized carbons (Fsp3) is 0.0714. The third-order valence-electron chi connectivity index (χ3n) is 2.96. The van der Waals surface area contributed by atoms with Crippen LogP contribution in [0.25, 0.3) is 0 Å². The van der Waals surface area contributed by atoms with E-state index in [2.05, 4.69) is 15.3 Å². The second kappa shape index (κ2) is 5.23. The van der Waals surface area contributed by atoms with Crippen LogP contribution >= 0.6 is 11.6 Å². The van der Waals surface area contributed by atoms with Gasteiger partial charge in [0.2, 0.25) is 6.23 Å². The van der Waals surface area contributed by atoms with E-state index in [1.54, 1.807) is 6.07 Å². The predicted octanol–water partition coefficient (Wildman–Crippen LogP) is 1.98. The molecule has 106 valence electrons. The zero-order valence-electron chi connectivity index (χ0n) is 10.5. The van der Waals surface area contributed by atoms with Crippen LogP contribution in [0, 0.1) is 5.82 Å². The number of nitrogens with zero attached hydrogens (tertiary/aromatic N) is 2. The second-order valence-electron chi connectivity index (χ2n) is 4.35. The van der Waals surface area contributed by atoms with Crippen LogP contribution in [-0.2, 0) is 4.79 Å². The van der Waals surface area contributed by atoms with Gasteiger partial charge in [0, 0.05) is 5.56 Å². The monoisotopic (exact) mass is 305 g/mol. The molecule has 2 heterocycles. The van der Waals surface area contributed by atoms with E-state index in [4.69, 9.17) is 11.6 Å². The fourth-order valence-electron chi connectivity index (χ4n) is 2.01. The van der Waals surface area contributed by atoms with E-state index < -0.39 is 18.0 Å². The Morgan fingerprint density at radius 2 is 2.00 bits per heavy atom. The average molecular weight is 306 g/mol. The van der Waals surface area contributed by atoms with Crippen LogP contribution in [0.3, 0.4) is 0 Å². The van der Waals surface area contributed by atoms with E-state index in [-0.39, 0.29) is 22.1 Å². The van der Waals surface area contributed by atoms with Gasteiger partial charge in [0.05, 0.1) is 11.4 Å². The van der Waals surface area contributed by atoms with Crippen molar-refractivity contribution in [2.45, 2.75) is 6.23 Å². The standard InChI is InChI=1S/C14H9ClFN3O2/c15-10-6-5-9-12(18-10)11(19-14(21)13(20)17-9)7-3-1-2-4-8(7)16/h1-6,14,21H,(H,17,20). The number of aliphatic hydroxyl groups excluding tert-OH is 1. The Hall–Kier alpha value is -2.31. The number of aliphatic imine (C=N–C) groups is 1. The number of pyridine rings is 1. The van der Waals surface area contributed by atoms with Crippen molar-refractivity contribution in [1.82, 2.24) is 4.98 Å². The predicted molar refractivity (Wildman–Crippen MR) is 75.9 cm³/mol. The number of aromatic nitrogens is 1. The minimum atomic E-state index is -1.65. The van der Waals surface area contributed by atoms with Gasteiger partial charge in [-0.05, 0) is 24.3 Å². The van der Waals surface area contributed by atoms with Gasteiger partial charge in [0.1, 0.15) is 16.7 Å². The topological polar surface area (TPSA) is 74.6 Å². The maximum Gasteiger partial charge on any atom is 0.276 e. The Labute approximate surface area is 124 Å². The number of halogens is 2. The SMILES string of the molecule is O=C1Nc2ccc(Cl)nc2C(c2ccccc2F)=NC1O. The largest absolute Gasteiger partial charge is 0.364 e. The van der Waals surface area contributed by atoms with Gasteiger partial charge in [0.15, 0.2) is 0 Å². The second-order valence-corrected chi connectivity index (χ2v) is 4.74. The summed E-state index contributed by atoms with van der Waals surface area (Å²) in [6, 6.07) is 8.91. The lowest BCUT2D eigenvalue weighted by Crippen LogP contribution is -2.24. The van der Waals surface area contributed by atoms with Crippen LogP contribution in [0.5, 0.6) is 0 Å². The first kappa shape index (κ1) is 13.7. The van der Waals surface area contributed by atoms with E-state index in [9.17, 15) is 14.3 Å². The van der Waals surface area contributed by atoms with Gasteiger partial charge in [-0.2, -0.15) is 0 Å². The summed E-state index contributed by atoms with van der Waals surface area (Å²) < 4.78 is 14.0. The third kappa shape index (κ3) is 2.51. The maximum atomic E-state index is 14.0. The van der Waals surface area contributed by atoms with Crippen LogP contribution in [0.4, 0.5) is 10.1 Å². The number of carbonyl (C=O) groups excluding carboxylic acids is 1. The Morgan fingerprint density at radius 3 is 2.76 bits per heavy atom. The molecular formula is C14H9ClFN3O2. The summed E-state index contributed by atoms with van der Waals surface area (Å²) in [5.74, 6) is -1.25. The van der Waals surface area contributed by atoms with Gasteiger partial charge < -0.3 is 10.4 Å². The minimum absolute atomic E-state index is 0.0662. The Balaban J connectivity index is 2.27. The van der Waals surface area contributed by atoms with Crippen molar-refractivity contribution in [3.05, 3.63) is 58.6 Å². The summed E-state index contributed by atoms with van der Waals surface area (Å²) in [4.78, 5) is 19.7. The summed E-state index contributed by atoms with van der Waals surface area (Å²) in [5.41, 5.74) is 0.709. The van der Waals surface area contributed by atoms with Gasteiger partial charge in [-0.1, -0.05) is 23.7 Å². The number of nitrogens with one attached hydrogen (secondary N) is 1. The molecular weight excluding hydrogens is 297 g/mol. The third-order valence-corrected chi connectivity index (χ3v) is 3.17. The first-order valence-electron chi connectivity index (χ1n) is 6.05. The molecule has 0 bridgehead atoms. The molecule has 0 fully saturated rings. The number of anilines is 1. The van der Waals surface area contributed by atoms with Crippen molar-refractivity contribution in [1.29, 1.82) is 0 Å². The number of hydrogen-bond donors (Lipinski definition) is 2. The first-order valence-corrected chi connectivity index (χ1v) is 6.42. The van der Waals surface area contributed by atoms with Gasteiger partial charge in [-0.3, -0.25) is 4.79 Å². The van der Waals surface area contributed by atoms with Crippen molar-refractivity contribution >= 4 is 28.9 Å². The van der Waals surface area contributed by atoms with E-state index in [1.807, 2.05) is 0 Å². The lowest BCUT2D eigenvalue weighted by molar-refractivity contribution is -0.123. The molecule has 0 radical (unpaired) electrons. The first-order chi connectivity index (χ1) is 10.1. The van der Waals surface area contributed by atoms with Crippen molar-refractivity contribution < 1.29 is 14.3 Å². The number of fused-ring (bicyclic) bond motifs is 1. The van der Waals surface area contributed by atoms with Gasteiger partial charge >= 0.3 is 0 Å². The van der Waals surface area contributed by atoms with E-state index in [1.165, 1.54) is 30.3 Å². The van der Waals surface area contributed by atoms with Crippen LogP contribution in [0.1, 0.15) is 11.3 Å². The Kier molecular flexibility index (Phi) is 3.40. The minimum Gasteiger partial charge on any atom is -0.364 e. The highest BCUT2D eigenvalue weighted by atomic mass is 35.5. The molecule has 0 saturated carbocycles. The van der Waals surface area contributed by atoms with E-state index in [0.29, 0.717) is 5.69 Å². The quantitative estimate of drug-likeness (QED) is 0.791. The summed E-state index contributed by atoms with van der Waals surface area (Å²) in [6.45, 7) is 0. The molecule has 1 unspecified atom stereocenters. The molecule has 0 aliphatic carbocycles. The lowest BCUT2D eigenvalue weighted by Gasteiger charge is -2.09. The van der Waals surface area contributed by atoms with Crippen molar-refractivity contribution in [3.8, 4) is 0 Å². The van der Waals surface area contributed by atoms with Crippen molar-refractivity contribution in [2.75, 3.05) is 5.32 Å². The number of rotatable bonds is 1. The zero-order chi connectivity index (χ0) is 15.0. The average Bonchev–Trinajstić information content (AvgIpc) is 2.58. The number of hydrogen-bond acceptors (Lipinski definition) is 4. The number of aliphatic hydroxyl groups is 1. The van der Waals surface area contributed by atoms with Crippen LogP contribution in [0.15, 0.2) is 41.4 Å². The zero-order valence-corrected chi connectivity index (χ0v) is 11.3. The van der Waals surface area contributed by atoms with Crippen molar-refractivity contribution in [2.24, 2.45) is 4.99 Å². The Bertz CT molecular complexity index is 764. The van der Waals surface area contributed by atoms with Crippen LogP contribution in [-0.4, -0.2) is 27.9 Å². The molecule has 7 heteroatoms. The molecule has 1 amide bonds. The summed E-state index contributed by atoms with van der Waals surface area (Å²) in [7, 11) is 0. The molecule has 5 nitrogen and oxygen atoms in total. The molecule has 1 aromatic carbocycles. The number of benzene rings is 1. The normalized spacial score (nSPS) is 17.6. The van der Waals surface area contributed by atoms with Crippen LogP contribution in [0.2, 0.25) is 5.15 Å². The smallest absolute Gasteiger partial charge is 0.276 e. The fourth-order valence-corrected chi connectivity index (χ4v) is 2.15. The molecule has 1 aliphatic heterocycles. The summed E-state index contributed by atoms with van der Waals surface area (Å²) >= 11 is 5.86. The highest BCUT2D eigenvalue weighted by Crippen LogP contribution is 2.25. The summed E-state index contributed by atoms with van der Waals surface area (Å²) in [6.07, 6.45) is -1.65. The maximum absolute atomic E-state index is 14.0. The number of carbonyl (C=O) groups is 1. The number of amides is 1. The molecule has 3 rings (SSSR count). The summed E-state index contributed by atoms with van der Waals surface area (Å²) in [5, 5.41) is 12.4. The van der Waals surface area contributed by atoms with Gasteiger partial charge in [-0.15, -0.1) is 0 Å².